The van der Waals surface area contributed by atoms with Gasteiger partial charge < -0.3 is 9.80 Å². The van der Waals surface area contributed by atoms with E-state index in [-0.39, 0.29) is 11.5 Å². The van der Waals surface area contributed by atoms with Crippen molar-refractivity contribution in [3.63, 3.8) is 0 Å². The van der Waals surface area contributed by atoms with Gasteiger partial charge in [-0.2, -0.15) is 0 Å². The molecule has 104 valence electrons. The first kappa shape index (κ1) is 14.5. The van der Waals surface area contributed by atoms with Crippen LogP contribution in [0.25, 0.3) is 0 Å². The molecule has 0 unspecified atom stereocenters. The molecule has 19 heavy (non-hydrogen) atoms. The number of hydrogen-bond donors (Lipinski definition) is 0. The van der Waals surface area contributed by atoms with Gasteiger partial charge in [-0.15, -0.1) is 0 Å². The van der Waals surface area contributed by atoms with E-state index in [1.54, 1.807) is 18.0 Å². The Morgan fingerprint density at radius 2 is 2.11 bits per heavy atom. The highest BCUT2D eigenvalue weighted by Gasteiger charge is 2.18. The molecule has 1 heterocycles. The molecule has 0 aliphatic carbocycles. The highest BCUT2D eigenvalue weighted by Crippen LogP contribution is 2.16. The normalized spacial score (nSPS) is 15.7. The van der Waals surface area contributed by atoms with Crippen LogP contribution in [0.3, 0.4) is 0 Å². The smallest absolute Gasteiger partial charge is 0.256 e. The summed E-state index contributed by atoms with van der Waals surface area (Å²) in [7, 11) is 1.72. The molecule has 1 aliphatic rings. The van der Waals surface area contributed by atoms with Gasteiger partial charge in [0.2, 0.25) is 0 Å². The van der Waals surface area contributed by atoms with E-state index in [0.29, 0.717) is 11.0 Å². The summed E-state index contributed by atoms with van der Waals surface area (Å²) in [5.74, 6) is -0.739. The van der Waals surface area contributed by atoms with Crippen molar-refractivity contribution in [3.05, 3.63) is 34.1 Å². The Kier molecular flexibility index (Phi) is 4.93. The lowest BCUT2D eigenvalue weighted by atomic mass is 10.2. The molecule has 0 aromatic heterocycles. The van der Waals surface area contributed by atoms with Crippen molar-refractivity contribution in [2.24, 2.45) is 0 Å². The summed E-state index contributed by atoms with van der Waals surface area (Å²) in [5, 5.41) is 0. The third-order valence-electron chi connectivity index (χ3n) is 3.46. The largest absolute Gasteiger partial charge is 0.340 e. The van der Waals surface area contributed by atoms with E-state index >= 15 is 0 Å². The Balaban J connectivity index is 1.94. The zero-order valence-electron chi connectivity index (χ0n) is 11.0. The molecule has 0 bridgehead atoms. The van der Waals surface area contributed by atoms with Gasteiger partial charge in [0.05, 0.1) is 5.56 Å². The molecular formula is C14H18BrFN2O. The van der Waals surface area contributed by atoms with Crippen molar-refractivity contribution in [1.82, 2.24) is 9.80 Å². The fourth-order valence-electron chi connectivity index (χ4n) is 2.27. The minimum absolute atomic E-state index is 0.132. The maximum atomic E-state index is 13.7. The number of nitrogens with zero attached hydrogens (tertiary/aromatic N) is 2. The van der Waals surface area contributed by atoms with Crippen LogP contribution in [0.4, 0.5) is 4.39 Å². The Bertz CT molecular complexity index is 461. The van der Waals surface area contributed by atoms with Crippen LogP contribution >= 0.6 is 15.9 Å². The van der Waals surface area contributed by atoms with Gasteiger partial charge in [0.25, 0.3) is 5.91 Å². The fraction of sp³-hybridized carbons (Fsp3) is 0.500. The van der Waals surface area contributed by atoms with Crippen LogP contribution in [-0.2, 0) is 0 Å². The summed E-state index contributed by atoms with van der Waals surface area (Å²) in [6, 6.07) is 4.53. The van der Waals surface area contributed by atoms with Gasteiger partial charge in [-0.05, 0) is 44.1 Å². The second-order valence-electron chi connectivity index (χ2n) is 4.90. The second kappa shape index (κ2) is 6.48. The lowest BCUT2D eigenvalue weighted by molar-refractivity contribution is 0.0777. The van der Waals surface area contributed by atoms with Crippen LogP contribution in [-0.4, -0.2) is 48.9 Å². The third kappa shape index (κ3) is 3.76. The Labute approximate surface area is 121 Å². The van der Waals surface area contributed by atoms with Crippen LogP contribution in [0.5, 0.6) is 0 Å². The maximum absolute atomic E-state index is 13.7. The van der Waals surface area contributed by atoms with Gasteiger partial charge in [-0.25, -0.2) is 4.39 Å². The predicted octanol–water partition coefficient (Wildman–Crippen LogP) is 2.76. The highest BCUT2D eigenvalue weighted by molar-refractivity contribution is 9.10. The molecule has 1 saturated heterocycles. The number of benzene rings is 1. The van der Waals surface area contributed by atoms with Gasteiger partial charge in [0.15, 0.2) is 0 Å². The number of halogens is 2. The summed E-state index contributed by atoms with van der Waals surface area (Å²) in [5.41, 5.74) is 0.132. The maximum Gasteiger partial charge on any atom is 0.256 e. The van der Waals surface area contributed by atoms with Crippen molar-refractivity contribution in [2.45, 2.75) is 12.8 Å². The molecule has 0 N–H and O–H groups in total. The molecule has 0 saturated carbocycles. The van der Waals surface area contributed by atoms with Crippen molar-refractivity contribution < 1.29 is 9.18 Å². The SMILES string of the molecule is CN(CCN1CCCC1)C(=O)c1ccc(Br)cc1F. The molecular weight excluding hydrogens is 311 g/mol. The fourth-order valence-corrected chi connectivity index (χ4v) is 2.60. The second-order valence-corrected chi connectivity index (χ2v) is 5.82. The molecule has 3 nitrogen and oxygen atoms in total. The lowest BCUT2D eigenvalue weighted by Crippen LogP contribution is -2.35. The molecule has 0 radical (unpaired) electrons. The summed E-state index contributed by atoms with van der Waals surface area (Å²) in [4.78, 5) is 16.1. The molecule has 5 heteroatoms. The molecule has 1 aromatic rings. The van der Waals surface area contributed by atoms with Gasteiger partial charge >= 0.3 is 0 Å². The summed E-state index contributed by atoms with van der Waals surface area (Å²) >= 11 is 3.19. The first-order chi connectivity index (χ1) is 9.08. The summed E-state index contributed by atoms with van der Waals surface area (Å²) in [6.45, 7) is 3.71. The van der Waals surface area contributed by atoms with Crippen molar-refractivity contribution in [2.75, 3.05) is 33.2 Å². The van der Waals surface area contributed by atoms with Gasteiger partial charge in [-0.1, -0.05) is 15.9 Å². The first-order valence-corrected chi connectivity index (χ1v) is 7.30. The van der Waals surface area contributed by atoms with E-state index in [0.717, 1.165) is 19.6 Å². The number of carbonyl (C=O) groups is 1. The van der Waals surface area contributed by atoms with Crippen molar-refractivity contribution >= 4 is 21.8 Å². The topological polar surface area (TPSA) is 23.6 Å². The minimum atomic E-state index is -0.479. The molecule has 0 atom stereocenters. The Morgan fingerprint density at radius 1 is 1.42 bits per heavy atom. The van der Waals surface area contributed by atoms with E-state index in [4.69, 9.17) is 0 Å². The summed E-state index contributed by atoms with van der Waals surface area (Å²) in [6.07, 6.45) is 2.47. The van der Waals surface area contributed by atoms with Gasteiger partial charge in [0, 0.05) is 24.6 Å². The van der Waals surface area contributed by atoms with Crippen LogP contribution in [0.15, 0.2) is 22.7 Å². The number of amides is 1. The van der Waals surface area contributed by atoms with Crippen molar-refractivity contribution in [3.8, 4) is 0 Å². The van der Waals surface area contributed by atoms with Gasteiger partial charge in [0.1, 0.15) is 5.82 Å². The molecule has 1 aromatic carbocycles. The van der Waals surface area contributed by atoms with E-state index in [1.165, 1.54) is 25.0 Å². The monoisotopic (exact) mass is 328 g/mol. The number of hydrogen-bond acceptors (Lipinski definition) is 2. The molecule has 1 amide bonds. The standard InChI is InChI=1S/C14H18BrFN2O/c1-17(8-9-18-6-2-3-7-18)14(19)12-5-4-11(15)10-13(12)16/h4-5,10H,2-3,6-9H2,1H3. The first-order valence-electron chi connectivity index (χ1n) is 6.51. The van der Waals surface area contributed by atoms with Gasteiger partial charge in [-0.3, -0.25) is 4.79 Å². The highest BCUT2D eigenvalue weighted by atomic mass is 79.9. The molecule has 1 aliphatic heterocycles. The predicted molar refractivity (Wildman–Crippen MR) is 76.7 cm³/mol. The zero-order valence-corrected chi connectivity index (χ0v) is 12.6. The van der Waals surface area contributed by atoms with Crippen LogP contribution in [0, 0.1) is 5.82 Å². The molecule has 0 spiro atoms. The minimum Gasteiger partial charge on any atom is -0.340 e. The quantitative estimate of drug-likeness (QED) is 0.848. The number of rotatable bonds is 4. The number of carbonyl (C=O) groups excluding carboxylic acids is 1. The van der Waals surface area contributed by atoms with Crippen LogP contribution < -0.4 is 0 Å². The van der Waals surface area contributed by atoms with E-state index in [1.807, 2.05) is 0 Å². The number of likely N-dealkylation sites (N-methyl/N-ethyl adjacent to an activating group) is 1. The summed E-state index contributed by atoms with van der Waals surface area (Å²) < 4.78 is 14.4. The number of likely N-dealkylation sites (tertiary alicyclic amines) is 1. The molecule has 2 rings (SSSR count). The van der Waals surface area contributed by atoms with E-state index < -0.39 is 5.82 Å². The lowest BCUT2D eigenvalue weighted by Gasteiger charge is -2.21. The van der Waals surface area contributed by atoms with Crippen LogP contribution in [0.2, 0.25) is 0 Å². The molecule has 1 fully saturated rings. The Hall–Kier alpha value is -0.940. The van der Waals surface area contributed by atoms with Crippen molar-refractivity contribution in [1.29, 1.82) is 0 Å². The van der Waals surface area contributed by atoms with E-state index in [9.17, 15) is 9.18 Å². The Morgan fingerprint density at radius 3 is 2.74 bits per heavy atom. The average Bonchev–Trinajstić information content (AvgIpc) is 2.88. The van der Waals surface area contributed by atoms with Crippen LogP contribution in [0.1, 0.15) is 23.2 Å². The van der Waals surface area contributed by atoms with E-state index in [2.05, 4.69) is 20.8 Å². The zero-order chi connectivity index (χ0) is 13.8. The average molecular weight is 329 g/mol. The third-order valence-corrected chi connectivity index (χ3v) is 3.95.